The first-order valence-electron chi connectivity index (χ1n) is 5.97. The Morgan fingerprint density at radius 1 is 1.00 bits per heavy atom. The molecule has 4 heteroatoms. The lowest BCUT2D eigenvalue weighted by molar-refractivity contribution is -0.576. The molecule has 0 aromatic heterocycles. The summed E-state index contributed by atoms with van der Waals surface area (Å²) >= 11 is 0. The highest BCUT2D eigenvalue weighted by Gasteiger charge is 2.40. The Balaban J connectivity index is 2.59. The van der Waals surface area contributed by atoms with Gasteiger partial charge in [0, 0.05) is 17.8 Å². The summed E-state index contributed by atoms with van der Waals surface area (Å²) < 4.78 is 0. The number of hydrogen-bond acceptors (Lipinski definition) is 3. The van der Waals surface area contributed by atoms with Gasteiger partial charge >= 0.3 is 0 Å². The summed E-state index contributed by atoms with van der Waals surface area (Å²) in [6.45, 7) is -0.306. The van der Waals surface area contributed by atoms with Gasteiger partial charge in [-0.05, 0) is 12.8 Å². The van der Waals surface area contributed by atoms with Crippen LogP contribution in [0.15, 0.2) is 0 Å². The lowest BCUT2D eigenvalue weighted by Gasteiger charge is -2.24. The lowest BCUT2D eigenvalue weighted by Crippen LogP contribution is -2.42. The number of aliphatic hydroxyl groups excluding tert-OH is 1. The fraction of sp³-hybridized carbons (Fsp3) is 1.00. The number of aliphatic hydroxyl groups is 1. The zero-order chi connectivity index (χ0) is 11.1. The molecule has 1 aliphatic rings. The molecule has 15 heavy (non-hydrogen) atoms. The van der Waals surface area contributed by atoms with Crippen molar-refractivity contribution < 1.29 is 10.0 Å². The van der Waals surface area contributed by atoms with Crippen molar-refractivity contribution in [1.29, 1.82) is 0 Å². The Morgan fingerprint density at radius 2 is 1.40 bits per heavy atom. The third-order valence-electron chi connectivity index (χ3n) is 3.47. The van der Waals surface area contributed by atoms with Crippen LogP contribution in [0.4, 0.5) is 0 Å². The molecule has 1 rings (SSSR count). The fourth-order valence-corrected chi connectivity index (χ4v) is 2.32. The molecule has 0 aromatic carbocycles. The first kappa shape index (κ1) is 12.4. The van der Waals surface area contributed by atoms with Crippen molar-refractivity contribution in [2.75, 3.05) is 6.61 Å². The van der Waals surface area contributed by atoms with E-state index in [1.807, 2.05) is 0 Å². The summed E-state index contributed by atoms with van der Waals surface area (Å²) in [5.41, 5.74) is -1.04. The number of nitro groups is 1. The Morgan fingerprint density at radius 3 is 1.73 bits per heavy atom. The van der Waals surface area contributed by atoms with E-state index in [1.54, 1.807) is 0 Å². The van der Waals surface area contributed by atoms with E-state index in [0.29, 0.717) is 12.8 Å². The predicted octanol–water partition coefficient (Wildman–Crippen LogP) is 2.52. The second-order valence-corrected chi connectivity index (χ2v) is 4.61. The van der Waals surface area contributed by atoms with Crippen molar-refractivity contribution in [3.63, 3.8) is 0 Å². The second-order valence-electron chi connectivity index (χ2n) is 4.61. The highest BCUT2D eigenvalue weighted by Crippen LogP contribution is 2.27. The van der Waals surface area contributed by atoms with Crippen molar-refractivity contribution >= 4 is 0 Å². The number of nitrogens with zero attached hydrogens (tertiary/aromatic N) is 1. The van der Waals surface area contributed by atoms with Crippen molar-refractivity contribution in [3.8, 4) is 0 Å². The molecular weight excluding hydrogens is 194 g/mol. The van der Waals surface area contributed by atoms with Crippen molar-refractivity contribution in [3.05, 3.63) is 10.1 Å². The number of rotatable bonds is 2. The maximum atomic E-state index is 11.0. The van der Waals surface area contributed by atoms with Gasteiger partial charge < -0.3 is 5.11 Å². The normalized spacial score (nSPS) is 23.3. The van der Waals surface area contributed by atoms with Crippen LogP contribution in [0, 0.1) is 10.1 Å². The van der Waals surface area contributed by atoms with Gasteiger partial charge in [0.05, 0.1) is 0 Å². The first-order valence-corrected chi connectivity index (χ1v) is 5.97. The summed E-state index contributed by atoms with van der Waals surface area (Å²) in [6.07, 6.45) is 8.57. The summed E-state index contributed by atoms with van der Waals surface area (Å²) in [5, 5.41) is 20.3. The fourth-order valence-electron chi connectivity index (χ4n) is 2.32. The second kappa shape index (κ2) is 6.05. The van der Waals surface area contributed by atoms with Crippen LogP contribution in [0.5, 0.6) is 0 Å². The van der Waals surface area contributed by atoms with Gasteiger partial charge in [-0.3, -0.25) is 10.1 Å². The van der Waals surface area contributed by atoms with Crippen molar-refractivity contribution in [2.45, 2.75) is 63.3 Å². The average molecular weight is 215 g/mol. The minimum absolute atomic E-state index is 0.255. The van der Waals surface area contributed by atoms with Crippen LogP contribution in [0.25, 0.3) is 0 Å². The zero-order valence-corrected chi connectivity index (χ0v) is 9.28. The summed E-state index contributed by atoms with van der Waals surface area (Å²) in [4.78, 5) is 10.8. The van der Waals surface area contributed by atoms with E-state index in [9.17, 15) is 15.2 Å². The molecule has 1 N–H and O–H groups in total. The maximum absolute atomic E-state index is 11.0. The van der Waals surface area contributed by atoms with E-state index in [-0.39, 0.29) is 11.5 Å². The Labute approximate surface area is 90.8 Å². The van der Waals surface area contributed by atoms with E-state index in [4.69, 9.17) is 0 Å². The number of hydrogen-bond donors (Lipinski definition) is 1. The van der Waals surface area contributed by atoms with E-state index >= 15 is 0 Å². The molecule has 1 aliphatic carbocycles. The molecule has 4 nitrogen and oxygen atoms in total. The quantitative estimate of drug-likeness (QED) is 0.568. The Bertz CT molecular complexity index is 196. The molecule has 0 unspecified atom stereocenters. The van der Waals surface area contributed by atoms with Crippen molar-refractivity contribution in [2.24, 2.45) is 0 Å². The Hall–Kier alpha value is -0.640. The molecule has 0 amide bonds. The largest absolute Gasteiger partial charge is 0.389 e. The molecule has 1 fully saturated rings. The highest BCUT2D eigenvalue weighted by atomic mass is 16.6. The molecular formula is C11H21NO3. The lowest BCUT2D eigenvalue weighted by atomic mass is 9.86. The predicted molar refractivity (Wildman–Crippen MR) is 58.4 cm³/mol. The van der Waals surface area contributed by atoms with Gasteiger partial charge in [0.15, 0.2) is 0 Å². The standard InChI is InChI=1S/C11H21NO3/c13-10-11(12(14)15)8-6-4-2-1-3-5-7-9-11/h13H,1-10H2. The van der Waals surface area contributed by atoms with E-state index in [2.05, 4.69) is 0 Å². The van der Waals surface area contributed by atoms with Crippen LogP contribution >= 0.6 is 0 Å². The first-order chi connectivity index (χ1) is 7.21. The molecule has 88 valence electrons. The van der Waals surface area contributed by atoms with E-state index in [1.165, 1.54) is 19.3 Å². The van der Waals surface area contributed by atoms with Gasteiger partial charge in [0.2, 0.25) is 5.54 Å². The molecule has 0 saturated heterocycles. The van der Waals surface area contributed by atoms with E-state index < -0.39 is 5.54 Å². The van der Waals surface area contributed by atoms with Crippen LogP contribution in [0.1, 0.15) is 57.8 Å². The molecule has 0 aromatic rings. The minimum Gasteiger partial charge on any atom is -0.389 e. The smallest absolute Gasteiger partial charge is 0.244 e. The topological polar surface area (TPSA) is 63.4 Å². The third kappa shape index (κ3) is 3.45. The average Bonchev–Trinajstić information content (AvgIpc) is 2.25. The molecule has 0 aliphatic heterocycles. The van der Waals surface area contributed by atoms with Crippen LogP contribution in [-0.4, -0.2) is 22.2 Å². The maximum Gasteiger partial charge on any atom is 0.244 e. The Kier molecular flexibility index (Phi) is 5.02. The minimum atomic E-state index is -1.04. The van der Waals surface area contributed by atoms with E-state index in [0.717, 1.165) is 25.7 Å². The van der Waals surface area contributed by atoms with Crippen LogP contribution in [0.3, 0.4) is 0 Å². The molecule has 1 saturated carbocycles. The summed E-state index contributed by atoms with van der Waals surface area (Å²) in [7, 11) is 0. The monoisotopic (exact) mass is 215 g/mol. The molecule has 0 atom stereocenters. The van der Waals surface area contributed by atoms with Crippen LogP contribution in [-0.2, 0) is 0 Å². The highest BCUT2D eigenvalue weighted by molar-refractivity contribution is 4.79. The SMILES string of the molecule is O=[N+]([O-])C1(CO)CCCCCCCCC1. The van der Waals surface area contributed by atoms with Gasteiger partial charge in [-0.2, -0.15) is 0 Å². The van der Waals surface area contributed by atoms with Gasteiger partial charge in [-0.1, -0.05) is 32.1 Å². The molecule has 0 spiro atoms. The van der Waals surface area contributed by atoms with Gasteiger partial charge in [-0.15, -0.1) is 0 Å². The molecule has 0 radical (unpaired) electrons. The van der Waals surface area contributed by atoms with Gasteiger partial charge in [0.1, 0.15) is 6.61 Å². The zero-order valence-electron chi connectivity index (χ0n) is 9.28. The summed E-state index contributed by atoms with van der Waals surface area (Å²) in [5.74, 6) is 0. The third-order valence-corrected chi connectivity index (χ3v) is 3.47. The van der Waals surface area contributed by atoms with Gasteiger partial charge in [0.25, 0.3) is 0 Å². The van der Waals surface area contributed by atoms with Crippen LogP contribution < -0.4 is 0 Å². The van der Waals surface area contributed by atoms with Crippen molar-refractivity contribution in [1.82, 2.24) is 0 Å². The van der Waals surface area contributed by atoms with Gasteiger partial charge in [-0.25, -0.2) is 0 Å². The summed E-state index contributed by atoms with van der Waals surface area (Å²) in [6, 6.07) is 0. The van der Waals surface area contributed by atoms with Crippen LogP contribution in [0.2, 0.25) is 0 Å². The molecule has 0 bridgehead atoms. The molecule has 0 heterocycles.